The van der Waals surface area contributed by atoms with E-state index in [9.17, 15) is 22.2 Å². The van der Waals surface area contributed by atoms with Gasteiger partial charge < -0.3 is 10.1 Å². The molecule has 2 aromatic carbocycles. The van der Waals surface area contributed by atoms with Gasteiger partial charge >= 0.3 is 6.36 Å². The summed E-state index contributed by atoms with van der Waals surface area (Å²) < 4.78 is 54.6. The van der Waals surface area contributed by atoms with E-state index < -0.39 is 22.9 Å². The van der Waals surface area contributed by atoms with Crippen molar-refractivity contribution in [3.05, 3.63) is 76.5 Å². The number of hydrogen-bond acceptors (Lipinski definition) is 3. The Labute approximate surface area is 209 Å². The van der Waals surface area contributed by atoms with Crippen molar-refractivity contribution in [3.63, 3.8) is 0 Å². The van der Waals surface area contributed by atoms with Crippen LogP contribution in [0.4, 0.5) is 18.9 Å². The third kappa shape index (κ3) is 8.49. The number of alkyl halides is 4. The molecule has 4 nitrogen and oxygen atoms in total. The van der Waals surface area contributed by atoms with E-state index in [2.05, 4.69) is 10.1 Å². The maximum absolute atomic E-state index is 12.9. The van der Waals surface area contributed by atoms with E-state index in [1.54, 1.807) is 43.3 Å². The van der Waals surface area contributed by atoms with Gasteiger partial charge in [0.25, 0.3) is 0 Å². The van der Waals surface area contributed by atoms with E-state index in [1.165, 1.54) is 12.1 Å². The van der Waals surface area contributed by atoms with Crippen molar-refractivity contribution in [2.75, 3.05) is 16.9 Å². The predicted octanol–water partition coefficient (Wildman–Crippen LogP) is 7.10. The lowest BCUT2D eigenvalue weighted by Gasteiger charge is -2.17. The Hall–Kier alpha value is -2.29. The molecule has 2 aromatic rings. The van der Waals surface area contributed by atoms with Crippen LogP contribution in [0.15, 0.2) is 65.3 Å². The molecule has 0 radical (unpaired) electrons. The van der Waals surface area contributed by atoms with E-state index in [-0.39, 0.29) is 28.8 Å². The first-order chi connectivity index (χ1) is 16.1. The van der Waals surface area contributed by atoms with Crippen LogP contribution >= 0.6 is 23.2 Å². The molecule has 0 heterocycles. The second kappa shape index (κ2) is 13.0. The zero-order valence-corrected chi connectivity index (χ0v) is 20.9. The van der Waals surface area contributed by atoms with Crippen molar-refractivity contribution in [2.24, 2.45) is 0 Å². The lowest BCUT2D eigenvalue weighted by Crippen LogP contribution is -2.15. The Morgan fingerprint density at radius 1 is 1.12 bits per heavy atom. The van der Waals surface area contributed by atoms with Gasteiger partial charge in [-0.25, -0.2) is 0 Å². The second-order valence-corrected chi connectivity index (χ2v) is 9.45. The monoisotopic (exact) mass is 533 g/mol. The van der Waals surface area contributed by atoms with Crippen LogP contribution in [0.25, 0.3) is 5.57 Å². The summed E-state index contributed by atoms with van der Waals surface area (Å²) in [6.07, 6.45) is -1.71. The van der Waals surface area contributed by atoms with Gasteiger partial charge in [-0.1, -0.05) is 49.7 Å². The number of ether oxygens (including phenoxy) is 1. The first-order valence-electron chi connectivity index (χ1n) is 10.4. The van der Waals surface area contributed by atoms with Gasteiger partial charge in [0.1, 0.15) is 5.76 Å². The molecule has 0 aromatic heterocycles. The Bertz CT molecular complexity index is 1080. The molecule has 0 fully saturated rings. The SMILES string of the molecule is CC/C=C(\C(=C/CCl)OC(F)(F)F)c1ccc(NC(=O)Cc2ccc(S(=O)CC)cc2)cc1Cl. The average molecular weight is 534 g/mol. The van der Waals surface area contributed by atoms with Crippen molar-refractivity contribution < 1.29 is 26.9 Å². The highest BCUT2D eigenvalue weighted by atomic mass is 35.5. The first-order valence-corrected chi connectivity index (χ1v) is 12.6. The van der Waals surface area contributed by atoms with Gasteiger partial charge in [0, 0.05) is 33.4 Å². The van der Waals surface area contributed by atoms with Crippen LogP contribution < -0.4 is 5.32 Å². The average Bonchev–Trinajstić information content (AvgIpc) is 2.77. The lowest BCUT2D eigenvalue weighted by atomic mass is 10.0. The predicted molar refractivity (Wildman–Crippen MR) is 131 cm³/mol. The Morgan fingerprint density at radius 2 is 1.79 bits per heavy atom. The maximum atomic E-state index is 12.9. The second-order valence-electron chi connectivity index (χ2n) is 6.99. The van der Waals surface area contributed by atoms with Gasteiger partial charge in [-0.05, 0) is 42.3 Å². The molecule has 1 N–H and O–H groups in total. The van der Waals surface area contributed by atoms with Gasteiger partial charge in [0.2, 0.25) is 5.91 Å². The minimum absolute atomic E-state index is 0.0848. The fraction of sp³-hybridized carbons (Fsp3) is 0.292. The molecular formula is C24H24Cl2F3NO3S. The van der Waals surface area contributed by atoms with Crippen molar-refractivity contribution in [1.29, 1.82) is 0 Å². The largest absolute Gasteiger partial charge is 0.573 e. The van der Waals surface area contributed by atoms with E-state index in [4.69, 9.17) is 23.2 Å². The number of carbonyl (C=O) groups is 1. The molecular weight excluding hydrogens is 510 g/mol. The van der Waals surface area contributed by atoms with Crippen molar-refractivity contribution in [3.8, 4) is 0 Å². The molecule has 34 heavy (non-hydrogen) atoms. The van der Waals surface area contributed by atoms with E-state index >= 15 is 0 Å². The zero-order chi connectivity index (χ0) is 25.3. The van der Waals surface area contributed by atoms with Crippen LogP contribution in [0.5, 0.6) is 0 Å². The zero-order valence-electron chi connectivity index (χ0n) is 18.5. The van der Waals surface area contributed by atoms with E-state index in [0.717, 1.165) is 11.6 Å². The number of allylic oxidation sites excluding steroid dienone is 3. The molecule has 0 saturated heterocycles. The number of anilines is 1. The summed E-state index contributed by atoms with van der Waals surface area (Å²) in [6, 6.07) is 11.4. The highest BCUT2D eigenvalue weighted by Gasteiger charge is 2.33. The van der Waals surface area contributed by atoms with E-state index in [0.29, 0.717) is 28.3 Å². The third-order valence-electron chi connectivity index (χ3n) is 4.52. The molecule has 0 saturated carbocycles. The van der Waals surface area contributed by atoms with Crippen LogP contribution in [0.2, 0.25) is 5.02 Å². The normalized spacial score (nSPS) is 13.5. The van der Waals surface area contributed by atoms with Crippen molar-refractivity contribution in [1.82, 2.24) is 0 Å². The molecule has 1 atom stereocenters. The van der Waals surface area contributed by atoms with E-state index in [1.807, 2.05) is 6.92 Å². The highest BCUT2D eigenvalue weighted by molar-refractivity contribution is 7.85. The lowest BCUT2D eigenvalue weighted by molar-refractivity contribution is -0.302. The number of halogens is 5. The number of rotatable bonds is 10. The van der Waals surface area contributed by atoms with Gasteiger partial charge in [-0.15, -0.1) is 24.8 Å². The molecule has 0 spiro atoms. The van der Waals surface area contributed by atoms with Crippen molar-refractivity contribution >= 4 is 51.2 Å². The van der Waals surface area contributed by atoms with Crippen LogP contribution in [-0.2, 0) is 26.8 Å². The first kappa shape index (κ1) is 28.0. The quantitative estimate of drug-likeness (QED) is 0.201. The molecule has 0 aliphatic carbocycles. The summed E-state index contributed by atoms with van der Waals surface area (Å²) in [4.78, 5) is 13.1. The van der Waals surface area contributed by atoms with Gasteiger partial charge in [-0.2, -0.15) is 0 Å². The van der Waals surface area contributed by atoms with Gasteiger partial charge in [0.05, 0.1) is 22.2 Å². The molecule has 0 aliphatic heterocycles. The maximum Gasteiger partial charge on any atom is 0.573 e. The number of carbonyl (C=O) groups excluding carboxylic acids is 1. The number of nitrogens with one attached hydrogen (secondary N) is 1. The molecule has 1 unspecified atom stereocenters. The van der Waals surface area contributed by atoms with Gasteiger partial charge in [-0.3, -0.25) is 9.00 Å². The number of amides is 1. The fourth-order valence-corrected chi connectivity index (χ4v) is 4.27. The van der Waals surface area contributed by atoms with Crippen LogP contribution in [-0.4, -0.2) is 28.1 Å². The van der Waals surface area contributed by atoms with Crippen LogP contribution in [0.3, 0.4) is 0 Å². The molecule has 0 bridgehead atoms. The number of hydrogen-bond donors (Lipinski definition) is 1. The van der Waals surface area contributed by atoms with Crippen LogP contribution in [0, 0.1) is 0 Å². The van der Waals surface area contributed by atoms with Gasteiger partial charge in [0.15, 0.2) is 0 Å². The van der Waals surface area contributed by atoms with Crippen LogP contribution in [0.1, 0.15) is 31.4 Å². The minimum atomic E-state index is -4.89. The summed E-state index contributed by atoms with van der Waals surface area (Å²) in [6.45, 7) is 3.59. The minimum Gasteiger partial charge on any atom is -0.405 e. The summed E-state index contributed by atoms with van der Waals surface area (Å²) in [5, 5.41) is 2.86. The molecule has 184 valence electrons. The third-order valence-corrected chi connectivity index (χ3v) is 6.31. The molecule has 1 amide bonds. The Kier molecular flexibility index (Phi) is 10.7. The Balaban J connectivity index is 2.19. The number of benzene rings is 2. The summed E-state index contributed by atoms with van der Waals surface area (Å²) in [5.41, 5.74) is 1.58. The topological polar surface area (TPSA) is 55.4 Å². The molecule has 2 rings (SSSR count). The smallest absolute Gasteiger partial charge is 0.405 e. The molecule has 10 heteroatoms. The summed E-state index contributed by atoms with van der Waals surface area (Å²) in [7, 11) is -1.07. The standard InChI is InChI=1S/C24H24Cl2F3NO3S/c1-3-5-20(22(12-13-25)33-24(27,28)29)19-11-8-17(15-21(19)26)30-23(31)14-16-6-9-18(10-7-16)34(32)4-2/h5-12,15H,3-4,13-14H2,1-2H3,(H,30,31)/b20-5-,22-12+. The fourth-order valence-electron chi connectivity index (χ4n) is 3.08. The Morgan fingerprint density at radius 3 is 2.32 bits per heavy atom. The molecule has 0 aliphatic rings. The summed E-state index contributed by atoms with van der Waals surface area (Å²) in [5.74, 6) is -0.429. The summed E-state index contributed by atoms with van der Waals surface area (Å²) >= 11 is 12.0. The highest BCUT2D eigenvalue weighted by Crippen LogP contribution is 2.35. The van der Waals surface area contributed by atoms with Crippen molar-refractivity contribution in [2.45, 2.75) is 37.9 Å².